The van der Waals surface area contributed by atoms with Gasteiger partial charge in [0.05, 0.1) is 5.69 Å². The summed E-state index contributed by atoms with van der Waals surface area (Å²) in [5.74, 6) is -0.226. The quantitative estimate of drug-likeness (QED) is 0.938. The summed E-state index contributed by atoms with van der Waals surface area (Å²) in [5.41, 5.74) is 3.23. The fourth-order valence-electron chi connectivity index (χ4n) is 3.08. The van der Waals surface area contributed by atoms with Gasteiger partial charge in [-0.05, 0) is 43.5 Å². The van der Waals surface area contributed by atoms with Gasteiger partial charge in [0.25, 0.3) is 0 Å². The van der Waals surface area contributed by atoms with Crippen LogP contribution in [0.4, 0.5) is 14.6 Å². The molecule has 0 unspecified atom stereocenters. The van der Waals surface area contributed by atoms with Crippen molar-refractivity contribution in [2.75, 3.05) is 24.5 Å². The van der Waals surface area contributed by atoms with Crippen molar-refractivity contribution >= 4 is 5.82 Å². The third kappa shape index (κ3) is 3.38. The summed E-state index contributed by atoms with van der Waals surface area (Å²) in [6, 6.07) is 4.05. The van der Waals surface area contributed by atoms with Gasteiger partial charge in [-0.1, -0.05) is 6.07 Å². The number of hydrogen-bond acceptors (Lipinski definition) is 4. The molecule has 0 radical (unpaired) electrons. The van der Waals surface area contributed by atoms with Crippen LogP contribution in [0.15, 0.2) is 18.2 Å². The van der Waals surface area contributed by atoms with E-state index in [2.05, 4.69) is 27.3 Å². The third-order valence-corrected chi connectivity index (χ3v) is 4.64. The Bertz CT molecular complexity index is 748. The first-order valence-corrected chi connectivity index (χ1v) is 8.20. The van der Waals surface area contributed by atoms with Crippen molar-refractivity contribution in [3.05, 3.63) is 52.2 Å². The van der Waals surface area contributed by atoms with Gasteiger partial charge in [0, 0.05) is 38.2 Å². The van der Waals surface area contributed by atoms with E-state index in [0.29, 0.717) is 18.0 Å². The molecule has 0 bridgehead atoms. The Morgan fingerprint density at radius 2 is 2.00 bits per heavy atom. The first-order chi connectivity index (χ1) is 11.5. The number of hydrogen-bond donors (Lipinski definition) is 1. The van der Waals surface area contributed by atoms with Crippen LogP contribution in [-0.2, 0) is 6.42 Å². The van der Waals surface area contributed by atoms with Gasteiger partial charge in [0.15, 0.2) is 5.82 Å². The number of halogens is 2. The minimum absolute atomic E-state index is 0.310. The van der Waals surface area contributed by atoms with Gasteiger partial charge in [0.2, 0.25) is 0 Å². The second-order valence-corrected chi connectivity index (χ2v) is 6.43. The van der Waals surface area contributed by atoms with Gasteiger partial charge in [-0.3, -0.25) is 0 Å². The molecule has 1 N–H and O–H groups in total. The van der Waals surface area contributed by atoms with Crippen LogP contribution in [0, 0.1) is 25.5 Å². The van der Waals surface area contributed by atoms with Crippen LogP contribution in [-0.4, -0.2) is 35.9 Å². The van der Waals surface area contributed by atoms with Crippen molar-refractivity contribution in [2.24, 2.45) is 0 Å². The highest BCUT2D eigenvalue weighted by atomic mass is 19.1. The number of nitrogens with one attached hydrogen (secondary N) is 1. The van der Waals surface area contributed by atoms with E-state index in [0.717, 1.165) is 48.3 Å². The Balaban J connectivity index is 1.87. The Morgan fingerprint density at radius 1 is 1.21 bits per heavy atom. The molecule has 1 saturated heterocycles. The van der Waals surface area contributed by atoms with Crippen molar-refractivity contribution in [1.29, 1.82) is 0 Å². The smallest absolute Gasteiger partial charge is 0.154 e. The molecule has 24 heavy (non-hydrogen) atoms. The molecule has 6 heteroatoms. The molecule has 1 fully saturated rings. The summed E-state index contributed by atoms with van der Waals surface area (Å²) < 4.78 is 26.9. The molecular formula is C18H22F2N4. The highest BCUT2D eigenvalue weighted by Crippen LogP contribution is 2.24. The van der Waals surface area contributed by atoms with Crippen molar-refractivity contribution in [3.63, 3.8) is 0 Å². The molecule has 128 valence electrons. The lowest BCUT2D eigenvalue weighted by molar-refractivity contribution is 0.480. The van der Waals surface area contributed by atoms with E-state index in [1.54, 1.807) is 0 Å². The first kappa shape index (κ1) is 16.8. The van der Waals surface area contributed by atoms with E-state index in [1.165, 1.54) is 12.1 Å². The van der Waals surface area contributed by atoms with E-state index >= 15 is 0 Å². The molecule has 1 aliphatic heterocycles. The average molecular weight is 332 g/mol. The molecule has 2 aromatic rings. The van der Waals surface area contributed by atoms with Crippen molar-refractivity contribution < 1.29 is 8.78 Å². The molecule has 1 aromatic carbocycles. The van der Waals surface area contributed by atoms with E-state index in [-0.39, 0.29) is 0 Å². The third-order valence-electron chi connectivity index (χ3n) is 4.64. The highest BCUT2D eigenvalue weighted by Gasteiger charge is 2.21. The lowest BCUT2D eigenvalue weighted by atomic mass is 10.0. The summed E-state index contributed by atoms with van der Waals surface area (Å²) in [5, 5.41) is 12.1. The molecule has 4 nitrogen and oxygen atoms in total. The molecule has 0 aliphatic carbocycles. The topological polar surface area (TPSA) is 41.1 Å². The van der Waals surface area contributed by atoms with Crippen LogP contribution in [0.5, 0.6) is 0 Å². The first-order valence-electron chi connectivity index (χ1n) is 8.20. The molecule has 1 aromatic heterocycles. The highest BCUT2D eigenvalue weighted by molar-refractivity contribution is 5.51. The average Bonchev–Trinajstić information content (AvgIpc) is 2.54. The van der Waals surface area contributed by atoms with Gasteiger partial charge in [-0.25, -0.2) is 8.78 Å². The molecule has 2 heterocycles. The fourth-order valence-corrected chi connectivity index (χ4v) is 3.08. The van der Waals surface area contributed by atoms with E-state index in [1.807, 2.05) is 13.8 Å². The van der Waals surface area contributed by atoms with Crippen LogP contribution in [0.3, 0.4) is 0 Å². The normalized spacial score (nSPS) is 18.0. The van der Waals surface area contributed by atoms with Gasteiger partial charge in [0.1, 0.15) is 11.6 Å². The number of nitrogens with zero attached hydrogens (tertiary/aromatic N) is 3. The van der Waals surface area contributed by atoms with E-state index < -0.39 is 11.6 Å². The standard InChI is InChI=1S/C18H22F2N4/c1-11-10-24(7-6-21-11)18-13(3)12(2)17(22-23-18)8-14-4-5-15(19)9-16(14)20/h4-5,9,11,21H,6-8,10H2,1-3H3/t11-/m1/s1. The lowest BCUT2D eigenvalue weighted by Gasteiger charge is -2.33. The summed E-state index contributed by atoms with van der Waals surface area (Å²) >= 11 is 0. The van der Waals surface area contributed by atoms with Crippen LogP contribution >= 0.6 is 0 Å². The summed E-state index contributed by atoms with van der Waals surface area (Å²) in [7, 11) is 0. The predicted octanol–water partition coefficient (Wildman–Crippen LogP) is 2.76. The summed E-state index contributed by atoms with van der Waals surface area (Å²) in [6.45, 7) is 8.86. The second-order valence-electron chi connectivity index (χ2n) is 6.43. The molecule has 1 atom stereocenters. The second kappa shape index (κ2) is 6.81. The fraction of sp³-hybridized carbons (Fsp3) is 0.444. The van der Waals surface area contributed by atoms with Crippen molar-refractivity contribution in [1.82, 2.24) is 15.5 Å². The van der Waals surface area contributed by atoms with Crippen LogP contribution < -0.4 is 10.2 Å². The Hall–Kier alpha value is -2.08. The number of benzene rings is 1. The van der Waals surface area contributed by atoms with Gasteiger partial charge in [-0.2, -0.15) is 5.10 Å². The molecule has 0 saturated carbocycles. The Kier molecular flexibility index (Phi) is 4.76. The van der Waals surface area contributed by atoms with Crippen molar-refractivity contribution in [2.45, 2.75) is 33.2 Å². The summed E-state index contributed by atoms with van der Waals surface area (Å²) in [4.78, 5) is 2.23. The lowest BCUT2D eigenvalue weighted by Crippen LogP contribution is -2.49. The van der Waals surface area contributed by atoms with Crippen LogP contribution in [0.1, 0.15) is 29.3 Å². The minimum Gasteiger partial charge on any atom is -0.352 e. The monoisotopic (exact) mass is 332 g/mol. The zero-order valence-corrected chi connectivity index (χ0v) is 14.2. The van der Waals surface area contributed by atoms with Crippen molar-refractivity contribution in [3.8, 4) is 0 Å². The molecule has 3 rings (SSSR count). The maximum absolute atomic E-state index is 13.9. The summed E-state index contributed by atoms with van der Waals surface area (Å²) in [6.07, 6.45) is 0.310. The van der Waals surface area contributed by atoms with Crippen LogP contribution in [0.2, 0.25) is 0 Å². The SMILES string of the molecule is Cc1c(Cc2ccc(F)cc2F)nnc(N2CCN[C@H](C)C2)c1C. The molecular weight excluding hydrogens is 310 g/mol. The van der Waals surface area contributed by atoms with Gasteiger partial charge < -0.3 is 10.2 Å². The Morgan fingerprint density at radius 3 is 2.71 bits per heavy atom. The largest absolute Gasteiger partial charge is 0.352 e. The minimum atomic E-state index is -0.571. The maximum Gasteiger partial charge on any atom is 0.154 e. The van der Waals surface area contributed by atoms with E-state index in [9.17, 15) is 8.78 Å². The van der Waals surface area contributed by atoms with Gasteiger partial charge >= 0.3 is 0 Å². The molecule has 0 amide bonds. The molecule has 0 spiro atoms. The number of rotatable bonds is 3. The predicted molar refractivity (Wildman–Crippen MR) is 90.3 cm³/mol. The number of anilines is 1. The molecule has 1 aliphatic rings. The zero-order valence-electron chi connectivity index (χ0n) is 14.2. The maximum atomic E-state index is 13.9. The number of piperazine rings is 1. The van der Waals surface area contributed by atoms with Crippen LogP contribution in [0.25, 0.3) is 0 Å². The Labute approximate surface area is 140 Å². The van der Waals surface area contributed by atoms with E-state index in [4.69, 9.17) is 0 Å². The number of aromatic nitrogens is 2. The van der Waals surface area contributed by atoms with Gasteiger partial charge in [-0.15, -0.1) is 5.10 Å². The zero-order chi connectivity index (χ0) is 17.3.